The number of furan rings is 1. The first-order chi connectivity index (χ1) is 7.70. The molecule has 0 aliphatic heterocycles. The number of thioether (sulfide) groups is 1. The van der Waals surface area contributed by atoms with Crippen molar-refractivity contribution in [1.29, 1.82) is 0 Å². The van der Waals surface area contributed by atoms with E-state index in [1.807, 2.05) is 30.7 Å². The van der Waals surface area contributed by atoms with E-state index >= 15 is 0 Å². The van der Waals surface area contributed by atoms with Crippen LogP contribution in [0.2, 0.25) is 0 Å². The zero-order valence-electron chi connectivity index (χ0n) is 9.30. The highest BCUT2D eigenvalue weighted by Gasteiger charge is 2.07. The van der Waals surface area contributed by atoms with E-state index in [9.17, 15) is 0 Å². The van der Waals surface area contributed by atoms with Crippen molar-refractivity contribution in [3.63, 3.8) is 0 Å². The fourth-order valence-electron chi connectivity index (χ4n) is 1.41. The average Bonchev–Trinajstić information content (AvgIpc) is 2.83. The van der Waals surface area contributed by atoms with Crippen LogP contribution in [0.5, 0.6) is 0 Å². The number of hydrogen-bond acceptors (Lipinski definition) is 4. The smallest absolute Gasteiger partial charge is 0.168 e. The standard InChI is InChI=1S/C11H14N2O2S/c1-8-3-4-10(15-8)7-16-11-12-5-9(6-14)13(11)2/h3-5,14H,6-7H2,1-2H3. The van der Waals surface area contributed by atoms with E-state index in [0.717, 1.165) is 28.1 Å². The number of nitrogens with zero attached hydrogens (tertiary/aromatic N) is 2. The lowest BCUT2D eigenvalue weighted by atomic mass is 10.5. The van der Waals surface area contributed by atoms with Gasteiger partial charge >= 0.3 is 0 Å². The molecule has 2 aromatic rings. The van der Waals surface area contributed by atoms with E-state index in [-0.39, 0.29) is 6.61 Å². The lowest BCUT2D eigenvalue weighted by molar-refractivity contribution is 0.271. The third-order valence-electron chi connectivity index (χ3n) is 2.34. The van der Waals surface area contributed by atoms with E-state index in [1.54, 1.807) is 18.0 Å². The molecule has 0 amide bonds. The maximum Gasteiger partial charge on any atom is 0.168 e. The van der Waals surface area contributed by atoms with Crippen LogP contribution in [-0.4, -0.2) is 14.7 Å². The van der Waals surface area contributed by atoms with E-state index in [1.165, 1.54) is 0 Å². The Morgan fingerprint density at radius 3 is 2.88 bits per heavy atom. The lowest BCUT2D eigenvalue weighted by Crippen LogP contribution is -1.97. The molecule has 0 saturated carbocycles. The van der Waals surface area contributed by atoms with Crippen molar-refractivity contribution >= 4 is 11.8 Å². The minimum Gasteiger partial charge on any atom is -0.465 e. The molecule has 0 atom stereocenters. The lowest BCUT2D eigenvalue weighted by Gasteiger charge is -2.02. The van der Waals surface area contributed by atoms with E-state index in [4.69, 9.17) is 9.52 Å². The molecule has 5 heteroatoms. The van der Waals surface area contributed by atoms with Gasteiger partial charge in [-0.05, 0) is 19.1 Å². The monoisotopic (exact) mass is 238 g/mol. The molecule has 0 spiro atoms. The van der Waals surface area contributed by atoms with Crippen LogP contribution in [0.15, 0.2) is 27.9 Å². The van der Waals surface area contributed by atoms with Crippen LogP contribution in [0.25, 0.3) is 0 Å². The van der Waals surface area contributed by atoms with Crippen LogP contribution in [0.4, 0.5) is 0 Å². The second kappa shape index (κ2) is 4.76. The number of aryl methyl sites for hydroxylation is 1. The van der Waals surface area contributed by atoms with Crippen molar-refractivity contribution in [3.05, 3.63) is 35.5 Å². The quantitative estimate of drug-likeness (QED) is 0.829. The maximum atomic E-state index is 9.03. The fourth-order valence-corrected chi connectivity index (χ4v) is 2.27. The third kappa shape index (κ3) is 2.31. The predicted molar refractivity (Wildman–Crippen MR) is 62.1 cm³/mol. The van der Waals surface area contributed by atoms with E-state index < -0.39 is 0 Å². The van der Waals surface area contributed by atoms with Crippen molar-refractivity contribution in [2.24, 2.45) is 7.05 Å². The van der Waals surface area contributed by atoms with Crippen LogP contribution in [0.1, 0.15) is 17.2 Å². The summed E-state index contributed by atoms with van der Waals surface area (Å²) in [6.07, 6.45) is 1.69. The Morgan fingerprint density at radius 1 is 1.50 bits per heavy atom. The van der Waals surface area contributed by atoms with Crippen molar-refractivity contribution < 1.29 is 9.52 Å². The Hall–Kier alpha value is -1.20. The molecule has 4 nitrogen and oxygen atoms in total. The van der Waals surface area contributed by atoms with Crippen molar-refractivity contribution in [3.8, 4) is 0 Å². The van der Waals surface area contributed by atoms with Gasteiger partial charge in [0.15, 0.2) is 5.16 Å². The normalized spacial score (nSPS) is 10.9. The minimum absolute atomic E-state index is 0.0178. The Labute approximate surface area is 98.3 Å². The van der Waals surface area contributed by atoms with Gasteiger partial charge in [-0.2, -0.15) is 0 Å². The highest BCUT2D eigenvalue weighted by atomic mass is 32.2. The van der Waals surface area contributed by atoms with Gasteiger partial charge in [0.2, 0.25) is 0 Å². The summed E-state index contributed by atoms with van der Waals surface area (Å²) in [6.45, 7) is 1.95. The Kier molecular flexibility index (Phi) is 3.36. The number of aliphatic hydroxyl groups is 1. The summed E-state index contributed by atoms with van der Waals surface area (Å²) in [7, 11) is 1.90. The first kappa shape index (κ1) is 11.3. The molecule has 0 bridgehead atoms. The van der Waals surface area contributed by atoms with Gasteiger partial charge in [-0.15, -0.1) is 0 Å². The molecule has 0 unspecified atom stereocenters. The molecule has 0 radical (unpaired) electrons. The van der Waals surface area contributed by atoms with Crippen LogP contribution in [-0.2, 0) is 19.4 Å². The van der Waals surface area contributed by atoms with Gasteiger partial charge in [-0.3, -0.25) is 0 Å². The van der Waals surface area contributed by atoms with Gasteiger partial charge in [-0.25, -0.2) is 4.98 Å². The summed E-state index contributed by atoms with van der Waals surface area (Å²) >= 11 is 1.60. The first-order valence-electron chi connectivity index (χ1n) is 5.00. The van der Waals surface area contributed by atoms with Gasteiger partial charge in [0.05, 0.1) is 24.3 Å². The van der Waals surface area contributed by atoms with E-state index in [0.29, 0.717) is 0 Å². The Morgan fingerprint density at radius 2 is 2.31 bits per heavy atom. The zero-order chi connectivity index (χ0) is 11.5. The van der Waals surface area contributed by atoms with E-state index in [2.05, 4.69) is 4.98 Å². The SMILES string of the molecule is Cc1ccc(CSc2ncc(CO)n2C)o1. The Balaban J connectivity index is 2.02. The number of hydrogen-bond donors (Lipinski definition) is 1. The molecular weight excluding hydrogens is 224 g/mol. The van der Waals surface area contributed by atoms with Gasteiger partial charge in [0.1, 0.15) is 11.5 Å². The molecule has 16 heavy (non-hydrogen) atoms. The summed E-state index contributed by atoms with van der Waals surface area (Å²) in [5.74, 6) is 2.62. The van der Waals surface area contributed by atoms with Crippen LogP contribution < -0.4 is 0 Å². The molecule has 0 aliphatic rings. The number of imidazole rings is 1. The molecule has 1 N–H and O–H groups in total. The summed E-state index contributed by atoms with van der Waals surface area (Å²) in [5, 5.41) is 9.92. The average molecular weight is 238 g/mol. The predicted octanol–water partition coefficient (Wildman–Crippen LogP) is 2.11. The highest BCUT2D eigenvalue weighted by Crippen LogP contribution is 2.22. The van der Waals surface area contributed by atoms with Gasteiger partial charge < -0.3 is 14.1 Å². The molecule has 0 aliphatic carbocycles. The van der Waals surface area contributed by atoms with Crippen LogP contribution >= 0.6 is 11.8 Å². The third-order valence-corrected chi connectivity index (χ3v) is 3.41. The number of aromatic nitrogens is 2. The van der Waals surface area contributed by atoms with Gasteiger partial charge in [0, 0.05) is 7.05 Å². The highest BCUT2D eigenvalue weighted by molar-refractivity contribution is 7.98. The van der Waals surface area contributed by atoms with Crippen molar-refractivity contribution in [2.45, 2.75) is 24.4 Å². The van der Waals surface area contributed by atoms with Crippen molar-refractivity contribution in [1.82, 2.24) is 9.55 Å². The summed E-state index contributed by atoms with van der Waals surface area (Å²) in [4.78, 5) is 4.23. The number of rotatable bonds is 4. The van der Waals surface area contributed by atoms with Crippen molar-refractivity contribution in [2.75, 3.05) is 0 Å². The summed E-state index contributed by atoms with van der Waals surface area (Å²) < 4.78 is 7.36. The van der Waals surface area contributed by atoms with Crippen LogP contribution in [0, 0.1) is 6.92 Å². The Bertz CT molecular complexity index is 476. The molecule has 0 saturated heterocycles. The molecule has 86 valence electrons. The minimum atomic E-state index is 0.0178. The zero-order valence-corrected chi connectivity index (χ0v) is 10.1. The topological polar surface area (TPSA) is 51.2 Å². The summed E-state index contributed by atoms with van der Waals surface area (Å²) in [6, 6.07) is 3.92. The number of aliphatic hydroxyl groups excluding tert-OH is 1. The van der Waals surface area contributed by atoms with Crippen LogP contribution in [0.3, 0.4) is 0 Å². The molecule has 0 aromatic carbocycles. The molecular formula is C11H14N2O2S. The maximum absolute atomic E-state index is 9.03. The molecule has 2 heterocycles. The fraction of sp³-hybridized carbons (Fsp3) is 0.364. The molecule has 0 fully saturated rings. The molecule has 2 rings (SSSR count). The van der Waals surface area contributed by atoms with Gasteiger partial charge in [-0.1, -0.05) is 11.8 Å². The second-order valence-corrected chi connectivity index (χ2v) is 4.49. The largest absolute Gasteiger partial charge is 0.465 e. The first-order valence-corrected chi connectivity index (χ1v) is 5.99. The second-order valence-electron chi connectivity index (χ2n) is 3.55. The molecule has 2 aromatic heterocycles. The van der Waals surface area contributed by atoms with Gasteiger partial charge in [0.25, 0.3) is 0 Å². The summed E-state index contributed by atoms with van der Waals surface area (Å²) in [5.41, 5.74) is 0.818.